The maximum atomic E-state index is 11.1. The Morgan fingerprint density at radius 3 is 2.72 bits per heavy atom. The second-order valence-corrected chi connectivity index (χ2v) is 5.93. The summed E-state index contributed by atoms with van der Waals surface area (Å²) in [6.07, 6.45) is 8.19. The molecule has 1 heterocycles. The lowest BCUT2D eigenvalue weighted by molar-refractivity contribution is -0.386. The van der Waals surface area contributed by atoms with Gasteiger partial charge in [-0.05, 0) is 72.6 Å². The maximum Gasteiger partial charge on any atom is 0.293 e. The highest BCUT2D eigenvalue weighted by Crippen LogP contribution is 2.44. The van der Waals surface area contributed by atoms with Gasteiger partial charge in [0.2, 0.25) is 0 Å². The fourth-order valence-corrected chi connectivity index (χ4v) is 3.40. The van der Waals surface area contributed by atoms with E-state index in [-0.39, 0.29) is 16.2 Å². The van der Waals surface area contributed by atoms with E-state index in [0.717, 1.165) is 25.7 Å². The lowest BCUT2D eigenvalue weighted by Crippen LogP contribution is -2.32. The lowest BCUT2D eigenvalue weighted by Gasteiger charge is -2.31. The van der Waals surface area contributed by atoms with E-state index in [1.54, 1.807) is 6.07 Å². The van der Waals surface area contributed by atoms with E-state index in [2.05, 4.69) is 0 Å². The maximum absolute atomic E-state index is 11.1. The highest BCUT2D eigenvalue weighted by molar-refractivity contribution is 14.1. The zero-order chi connectivity index (χ0) is 12.8. The van der Waals surface area contributed by atoms with Crippen LogP contribution in [0.25, 0.3) is 6.08 Å². The summed E-state index contributed by atoms with van der Waals surface area (Å²) in [6.45, 7) is 0. The molecule has 0 N–H and O–H groups in total. The van der Waals surface area contributed by atoms with Crippen LogP contribution in [0.1, 0.15) is 31.2 Å². The zero-order valence-electron chi connectivity index (χ0n) is 9.69. The van der Waals surface area contributed by atoms with Crippen molar-refractivity contribution in [1.29, 1.82) is 0 Å². The molecule has 1 saturated carbocycles. The van der Waals surface area contributed by atoms with E-state index < -0.39 is 0 Å². The van der Waals surface area contributed by atoms with Gasteiger partial charge in [0.05, 0.1) is 14.1 Å². The number of nitrogens with zero attached hydrogens (tertiary/aromatic N) is 1. The summed E-state index contributed by atoms with van der Waals surface area (Å²) >= 11 is 1.99. The minimum absolute atomic E-state index is 0.150. The average Bonchev–Trinajstić information content (AvgIpc) is 2.77. The van der Waals surface area contributed by atoms with Crippen LogP contribution in [0.3, 0.4) is 0 Å². The predicted octanol–water partition coefficient (Wildman–Crippen LogP) is 3.92. The summed E-state index contributed by atoms with van der Waals surface area (Å²) in [5.41, 5.74) is 0.537. The molecule has 0 bridgehead atoms. The van der Waals surface area contributed by atoms with Crippen molar-refractivity contribution in [3.8, 4) is 5.75 Å². The van der Waals surface area contributed by atoms with E-state index in [1.165, 1.54) is 0 Å². The molecule has 1 fully saturated rings. The van der Waals surface area contributed by atoms with Crippen molar-refractivity contribution >= 4 is 34.4 Å². The van der Waals surface area contributed by atoms with Crippen molar-refractivity contribution in [2.45, 2.75) is 31.3 Å². The summed E-state index contributed by atoms with van der Waals surface area (Å²) in [5, 5.41) is 11.1. The first kappa shape index (κ1) is 12.0. The van der Waals surface area contributed by atoms with E-state index in [0.29, 0.717) is 14.9 Å². The van der Waals surface area contributed by atoms with E-state index in [9.17, 15) is 10.1 Å². The van der Waals surface area contributed by atoms with Crippen molar-refractivity contribution < 1.29 is 9.66 Å². The lowest BCUT2D eigenvalue weighted by atomic mass is 9.96. The molecule has 3 rings (SSSR count). The Morgan fingerprint density at radius 2 is 2.06 bits per heavy atom. The smallest absolute Gasteiger partial charge is 0.293 e. The fraction of sp³-hybridized carbons (Fsp3) is 0.385. The number of nitro groups is 1. The van der Waals surface area contributed by atoms with Gasteiger partial charge in [0.25, 0.3) is 5.69 Å². The average molecular weight is 357 g/mol. The number of nitro benzene ring substituents is 1. The molecule has 1 aromatic carbocycles. The molecule has 0 unspecified atom stereocenters. The molecule has 4 nitrogen and oxygen atoms in total. The molecule has 0 atom stereocenters. The minimum atomic E-state index is -0.332. The van der Waals surface area contributed by atoms with Gasteiger partial charge in [-0.2, -0.15) is 0 Å². The zero-order valence-corrected chi connectivity index (χ0v) is 11.8. The Balaban J connectivity index is 2.09. The van der Waals surface area contributed by atoms with Gasteiger partial charge in [-0.1, -0.05) is 0 Å². The summed E-state index contributed by atoms with van der Waals surface area (Å²) in [7, 11) is 0. The van der Waals surface area contributed by atoms with Crippen LogP contribution in [0.5, 0.6) is 5.75 Å². The van der Waals surface area contributed by atoms with Crippen molar-refractivity contribution in [3.63, 3.8) is 0 Å². The Hall–Kier alpha value is -1.11. The Kier molecular flexibility index (Phi) is 2.80. The van der Waals surface area contributed by atoms with Crippen molar-refractivity contribution in [3.05, 3.63) is 37.5 Å². The SMILES string of the molecule is O=[N+]([O-])c1c(I)ccc2c1C=CC1(CCCC1)O2. The highest BCUT2D eigenvalue weighted by atomic mass is 127. The van der Waals surface area contributed by atoms with Crippen LogP contribution in [0.4, 0.5) is 5.69 Å². The summed E-state index contributed by atoms with van der Waals surface area (Å²) in [6, 6.07) is 3.59. The van der Waals surface area contributed by atoms with Gasteiger partial charge in [-0.15, -0.1) is 0 Å². The number of rotatable bonds is 1. The largest absolute Gasteiger partial charge is 0.482 e. The van der Waals surface area contributed by atoms with Crippen LogP contribution < -0.4 is 4.74 Å². The number of fused-ring (bicyclic) bond motifs is 1. The topological polar surface area (TPSA) is 52.4 Å². The molecule has 1 aromatic rings. The third kappa shape index (κ3) is 1.81. The van der Waals surface area contributed by atoms with E-state index in [1.807, 2.05) is 40.8 Å². The summed E-state index contributed by atoms with van der Waals surface area (Å²) < 4.78 is 6.68. The normalized spacial score (nSPS) is 19.6. The van der Waals surface area contributed by atoms with Crippen molar-refractivity contribution in [2.75, 3.05) is 0 Å². The molecule has 0 amide bonds. The van der Waals surface area contributed by atoms with Crippen molar-refractivity contribution in [1.82, 2.24) is 0 Å². The van der Waals surface area contributed by atoms with Crippen LogP contribution in [0.2, 0.25) is 0 Å². The Labute approximate surface area is 118 Å². The van der Waals surface area contributed by atoms with Crippen LogP contribution in [0.15, 0.2) is 18.2 Å². The molecule has 1 aliphatic carbocycles. The van der Waals surface area contributed by atoms with E-state index in [4.69, 9.17) is 4.74 Å². The first-order valence-electron chi connectivity index (χ1n) is 5.96. The Bertz CT molecular complexity index is 547. The van der Waals surface area contributed by atoms with E-state index >= 15 is 0 Å². The fourth-order valence-electron chi connectivity index (χ4n) is 2.73. The van der Waals surface area contributed by atoms with Gasteiger partial charge in [0.15, 0.2) is 0 Å². The number of ether oxygens (including phenoxy) is 1. The van der Waals surface area contributed by atoms with Gasteiger partial charge in [0.1, 0.15) is 11.4 Å². The molecule has 2 aliphatic rings. The number of benzene rings is 1. The number of hydrogen-bond donors (Lipinski definition) is 0. The van der Waals surface area contributed by atoms with Crippen molar-refractivity contribution in [2.24, 2.45) is 0 Å². The quantitative estimate of drug-likeness (QED) is 0.435. The summed E-state index contributed by atoms with van der Waals surface area (Å²) in [4.78, 5) is 10.8. The highest BCUT2D eigenvalue weighted by Gasteiger charge is 2.37. The van der Waals surface area contributed by atoms with Crippen LogP contribution in [-0.4, -0.2) is 10.5 Å². The van der Waals surface area contributed by atoms with Gasteiger partial charge >= 0.3 is 0 Å². The molecule has 0 aromatic heterocycles. The second kappa shape index (κ2) is 4.22. The third-order valence-electron chi connectivity index (χ3n) is 3.63. The molecule has 5 heteroatoms. The molecular formula is C13H12INO3. The second-order valence-electron chi connectivity index (χ2n) is 4.77. The van der Waals surface area contributed by atoms with Gasteiger partial charge in [-0.25, -0.2) is 0 Å². The summed E-state index contributed by atoms with van der Waals surface area (Å²) in [5.74, 6) is 0.645. The molecule has 0 radical (unpaired) electrons. The van der Waals surface area contributed by atoms with Gasteiger partial charge in [-0.3, -0.25) is 10.1 Å². The first-order valence-corrected chi connectivity index (χ1v) is 7.04. The minimum Gasteiger partial charge on any atom is -0.482 e. The molecule has 1 spiro atoms. The molecular weight excluding hydrogens is 345 g/mol. The first-order chi connectivity index (χ1) is 8.61. The molecule has 1 aliphatic heterocycles. The van der Waals surface area contributed by atoms with Crippen LogP contribution in [0, 0.1) is 13.7 Å². The van der Waals surface area contributed by atoms with Crippen LogP contribution >= 0.6 is 22.6 Å². The molecule has 94 valence electrons. The van der Waals surface area contributed by atoms with Gasteiger partial charge < -0.3 is 4.74 Å². The Morgan fingerprint density at radius 1 is 1.33 bits per heavy atom. The predicted molar refractivity (Wildman–Crippen MR) is 76.7 cm³/mol. The monoisotopic (exact) mass is 357 g/mol. The molecule has 0 saturated heterocycles. The van der Waals surface area contributed by atoms with Gasteiger partial charge in [0, 0.05) is 0 Å². The number of hydrogen-bond acceptors (Lipinski definition) is 3. The van der Waals surface area contributed by atoms with Crippen LogP contribution in [-0.2, 0) is 0 Å². The molecule has 18 heavy (non-hydrogen) atoms. The standard InChI is InChI=1S/C13H12INO3/c14-10-3-4-11-9(12(10)15(16)17)5-8-13(18-11)6-1-2-7-13/h3-5,8H,1-2,6-7H2. The third-order valence-corrected chi connectivity index (χ3v) is 4.50. The number of halogens is 1.